The van der Waals surface area contributed by atoms with E-state index in [1.165, 1.54) is 48.5 Å². The van der Waals surface area contributed by atoms with Gasteiger partial charge in [-0.1, -0.05) is 18.2 Å². The minimum Gasteiger partial charge on any atom is -0.251 e. The van der Waals surface area contributed by atoms with E-state index in [4.69, 9.17) is 32.9 Å². The number of allylic oxidation sites excluding steroid dienone is 5. The summed E-state index contributed by atoms with van der Waals surface area (Å²) in [6, 6.07) is 21.3. The third-order valence-electron chi connectivity index (χ3n) is 7.25. The van der Waals surface area contributed by atoms with E-state index >= 15 is 0 Å². The number of benzene rings is 3. The minimum atomic E-state index is -0.149. The van der Waals surface area contributed by atoms with Gasteiger partial charge in [0.15, 0.2) is 22.8 Å². The largest absolute Gasteiger partial charge is 0.251 e. The second-order valence-electron chi connectivity index (χ2n) is 9.52. The van der Waals surface area contributed by atoms with E-state index < -0.39 is 0 Å². The molecule has 0 unspecified atom stereocenters. The van der Waals surface area contributed by atoms with Crippen molar-refractivity contribution in [1.29, 1.82) is 26.3 Å². The van der Waals surface area contributed by atoms with Gasteiger partial charge in [-0.25, -0.2) is 19.4 Å². The van der Waals surface area contributed by atoms with Crippen LogP contribution in [0.15, 0.2) is 59.8 Å². The maximum Gasteiger partial charge on any atom is 0.201 e. The summed E-state index contributed by atoms with van der Waals surface area (Å²) < 4.78 is 0. The molecule has 0 heterocycles. The normalized spacial score (nSPS) is 14.2. The number of nitrogens with zero attached hydrogens (tertiary/aromatic N) is 10. The first-order chi connectivity index (χ1) is 22.4. The lowest BCUT2D eigenvalue weighted by atomic mass is 9.90. The summed E-state index contributed by atoms with van der Waals surface area (Å²) in [7, 11) is 0. The highest BCUT2D eigenvalue weighted by molar-refractivity contribution is 6.19. The molecule has 5 rings (SSSR count). The molecule has 202 valence electrons. The second kappa shape index (κ2) is 11.4. The molecule has 0 radical (unpaired) electrons. The van der Waals surface area contributed by atoms with Crippen LogP contribution in [0.2, 0.25) is 0 Å². The molecule has 3 aromatic rings. The molecule has 10 nitrogen and oxygen atoms in total. The number of rotatable bonds is 2. The summed E-state index contributed by atoms with van der Waals surface area (Å²) in [5.74, 6) is 0. The molecule has 0 aliphatic heterocycles. The summed E-state index contributed by atoms with van der Waals surface area (Å²) in [6.45, 7) is 38.7. The topological polar surface area (TPSA) is 141 Å². The highest BCUT2D eigenvalue weighted by Crippen LogP contribution is 2.52. The lowest BCUT2D eigenvalue weighted by Gasteiger charge is -2.13. The van der Waals surface area contributed by atoms with Gasteiger partial charge in [0.2, 0.25) is 5.70 Å². The van der Waals surface area contributed by atoms with Crippen LogP contribution in [0.1, 0.15) is 44.5 Å². The van der Waals surface area contributed by atoms with Crippen molar-refractivity contribution in [3.8, 4) is 30.3 Å². The molecular formula is C36H8N10. The molecule has 0 N–H and O–H groups in total. The molecule has 0 amide bonds. The number of nitriles is 5. The monoisotopic (exact) mass is 580 g/mol. The van der Waals surface area contributed by atoms with Crippen LogP contribution >= 0.6 is 0 Å². The molecule has 0 saturated carbocycles. The van der Waals surface area contributed by atoms with Crippen molar-refractivity contribution in [2.75, 3.05) is 0 Å². The van der Waals surface area contributed by atoms with Crippen molar-refractivity contribution >= 4 is 45.1 Å². The quantitative estimate of drug-likeness (QED) is 0.222. The van der Waals surface area contributed by atoms with E-state index in [0.717, 1.165) is 0 Å². The van der Waals surface area contributed by atoms with Gasteiger partial charge in [-0.05, 0) is 63.7 Å². The number of hydrogen-bond acceptors (Lipinski definition) is 5. The van der Waals surface area contributed by atoms with Crippen LogP contribution in [-0.2, 0) is 0 Å². The van der Waals surface area contributed by atoms with Crippen molar-refractivity contribution in [3.63, 3.8) is 0 Å². The van der Waals surface area contributed by atoms with Crippen LogP contribution in [0.25, 0.3) is 57.9 Å². The van der Waals surface area contributed by atoms with Crippen LogP contribution in [-0.4, -0.2) is 0 Å². The maximum atomic E-state index is 10.3. The predicted molar refractivity (Wildman–Crippen MR) is 165 cm³/mol. The van der Waals surface area contributed by atoms with Crippen molar-refractivity contribution in [3.05, 3.63) is 161 Å². The zero-order chi connectivity index (χ0) is 33.1. The summed E-state index contributed by atoms with van der Waals surface area (Å²) in [6.07, 6.45) is 0. The van der Waals surface area contributed by atoms with Gasteiger partial charge in [0.1, 0.15) is 18.2 Å². The van der Waals surface area contributed by atoms with Gasteiger partial charge in [0.05, 0.1) is 61.7 Å². The fourth-order valence-electron chi connectivity index (χ4n) is 5.42. The molecule has 0 spiro atoms. The summed E-state index contributed by atoms with van der Waals surface area (Å²) in [4.78, 5) is 17.6. The van der Waals surface area contributed by atoms with Crippen molar-refractivity contribution < 1.29 is 0 Å². The van der Waals surface area contributed by atoms with Gasteiger partial charge < -0.3 is 0 Å². The highest BCUT2D eigenvalue weighted by Gasteiger charge is 2.36. The molecule has 2 aliphatic rings. The average Bonchev–Trinajstić information content (AvgIpc) is 3.57. The highest BCUT2D eigenvalue weighted by atomic mass is 14.8. The molecule has 2 aliphatic carbocycles. The predicted octanol–water partition coefficient (Wildman–Crippen LogP) is 8.09. The Balaban J connectivity index is 1.94. The Labute approximate surface area is 262 Å². The van der Waals surface area contributed by atoms with E-state index in [9.17, 15) is 26.3 Å². The van der Waals surface area contributed by atoms with Crippen LogP contribution < -0.4 is 0 Å². The van der Waals surface area contributed by atoms with Crippen LogP contribution in [0.4, 0.5) is 11.4 Å². The maximum absolute atomic E-state index is 10.3. The summed E-state index contributed by atoms with van der Waals surface area (Å²) >= 11 is 0. The van der Waals surface area contributed by atoms with Gasteiger partial charge in [0, 0.05) is 22.3 Å². The van der Waals surface area contributed by atoms with Crippen molar-refractivity contribution in [2.45, 2.75) is 0 Å². The van der Waals surface area contributed by atoms with Gasteiger partial charge in [0.25, 0.3) is 0 Å². The first-order valence-electron chi connectivity index (χ1n) is 12.7. The first kappa shape index (κ1) is 29.0. The Kier molecular flexibility index (Phi) is 7.21. The Morgan fingerprint density at radius 1 is 0.500 bits per heavy atom. The Hall–Kier alpha value is -8.48. The fourth-order valence-corrected chi connectivity index (χ4v) is 5.42. The van der Waals surface area contributed by atoms with E-state index in [0.29, 0.717) is 0 Å². The third kappa shape index (κ3) is 4.27. The lowest BCUT2D eigenvalue weighted by molar-refractivity contribution is 1.46. The Bertz CT molecular complexity index is 2330. The lowest BCUT2D eigenvalue weighted by Crippen LogP contribution is -1.95. The molecule has 0 atom stereocenters. The SMILES string of the molecule is [C-]#[N+]C1=C([N+]#[C-])c2cc3c(cc2/C1=C(/[N+]#[C-])c1cc(C#N)cc([N+]#[C-])c1)C(C#N)=C(C#N)/C3=C(\C#N)c1cc(C#N)cc([N+]#[C-])c1. The molecule has 0 fully saturated rings. The molecule has 3 aromatic carbocycles. The summed E-state index contributed by atoms with van der Waals surface area (Å²) in [5.41, 5.74) is 1.16. The van der Waals surface area contributed by atoms with E-state index in [1.807, 2.05) is 24.3 Å². The molecule has 0 bridgehead atoms. The van der Waals surface area contributed by atoms with Crippen LogP contribution in [0.3, 0.4) is 0 Å². The molecule has 0 saturated heterocycles. The van der Waals surface area contributed by atoms with Crippen LogP contribution in [0.5, 0.6) is 0 Å². The fraction of sp³-hybridized carbons (Fsp3) is 0. The van der Waals surface area contributed by atoms with Gasteiger partial charge in [-0.15, -0.1) is 0 Å². The van der Waals surface area contributed by atoms with Crippen molar-refractivity contribution in [1.82, 2.24) is 0 Å². The minimum absolute atomic E-state index is 0.0605. The van der Waals surface area contributed by atoms with Gasteiger partial charge in [-0.3, -0.25) is 4.85 Å². The molecule has 46 heavy (non-hydrogen) atoms. The standard InChI is InChI=1S/C36H8N10/c1-42-23-8-19(14-37)6-21(10-23)29(16-39)32-26-13-28-27(12-25(26)30(17-40)31(32)18-41)33(36(46-5)35(28)45-4)34(44-3)22-7-20(15-38)9-24(11-22)43-2/h6-13H/b32-29+,34-33-. The zero-order valence-corrected chi connectivity index (χ0v) is 23.1. The van der Waals surface area contributed by atoms with Crippen LogP contribution in [0, 0.1) is 89.5 Å². The molecule has 0 aromatic heterocycles. The van der Waals surface area contributed by atoms with Gasteiger partial charge >= 0.3 is 0 Å². The Morgan fingerprint density at radius 2 is 1.04 bits per heavy atom. The van der Waals surface area contributed by atoms with E-state index in [2.05, 4.69) is 30.3 Å². The second-order valence-corrected chi connectivity index (χ2v) is 9.52. The van der Waals surface area contributed by atoms with Gasteiger partial charge in [-0.2, -0.15) is 26.3 Å². The first-order valence-corrected chi connectivity index (χ1v) is 12.7. The zero-order valence-electron chi connectivity index (χ0n) is 23.1. The smallest absolute Gasteiger partial charge is 0.201 e. The Morgan fingerprint density at radius 3 is 1.54 bits per heavy atom. The van der Waals surface area contributed by atoms with Crippen molar-refractivity contribution in [2.24, 2.45) is 0 Å². The van der Waals surface area contributed by atoms with E-state index in [-0.39, 0.29) is 101 Å². The van der Waals surface area contributed by atoms with E-state index in [1.54, 1.807) is 0 Å². The third-order valence-corrected chi connectivity index (χ3v) is 7.25. The molecular weight excluding hydrogens is 572 g/mol. The molecule has 10 heteroatoms. The average molecular weight is 581 g/mol. The number of fused-ring (bicyclic) bond motifs is 2. The number of hydrogen-bond donors (Lipinski definition) is 0. The summed E-state index contributed by atoms with van der Waals surface area (Å²) in [5, 5.41) is 49.8.